The lowest BCUT2D eigenvalue weighted by molar-refractivity contribution is 0.601. The predicted molar refractivity (Wildman–Crippen MR) is 78.8 cm³/mol. The van der Waals surface area contributed by atoms with Crippen molar-refractivity contribution in [3.63, 3.8) is 0 Å². The first-order chi connectivity index (χ1) is 8.86. The zero-order valence-electron chi connectivity index (χ0n) is 11.2. The standard InChI is InChI=1S/C18H22/c1-2-3-6-17-13-18(17)12-14-9-10-15-7-4-5-8-16(15)11-14/h4-5,7-11,17-18H,2-3,6,12-13H2,1H3/t17-,18-/m1/s1. The van der Waals surface area contributed by atoms with Gasteiger partial charge in [-0.05, 0) is 41.0 Å². The predicted octanol–water partition coefficient (Wildman–Crippen LogP) is 5.21. The van der Waals surface area contributed by atoms with E-state index in [9.17, 15) is 0 Å². The van der Waals surface area contributed by atoms with E-state index < -0.39 is 0 Å². The molecule has 0 aromatic heterocycles. The monoisotopic (exact) mass is 238 g/mol. The summed E-state index contributed by atoms with van der Waals surface area (Å²) in [5.74, 6) is 1.99. The fourth-order valence-electron chi connectivity index (χ4n) is 3.05. The molecule has 0 nitrogen and oxygen atoms in total. The molecule has 2 aromatic rings. The first kappa shape index (κ1) is 11.8. The van der Waals surface area contributed by atoms with Gasteiger partial charge in [-0.1, -0.05) is 68.7 Å². The Bertz CT molecular complexity index is 526. The van der Waals surface area contributed by atoms with Crippen molar-refractivity contribution >= 4 is 10.8 Å². The maximum absolute atomic E-state index is 2.38. The Morgan fingerprint density at radius 3 is 2.67 bits per heavy atom. The van der Waals surface area contributed by atoms with Gasteiger partial charge >= 0.3 is 0 Å². The van der Waals surface area contributed by atoms with Crippen molar-refractivity contribution in [1.29, 1.82) is 0 Å². The molecule has 1 aliphatic carbocycles. The van der Waals surface area contributed by atoms with E-state index in [4.69, 9.17) is 0 Å². The van der Waals surface area contributed by atoms with E-state index in [0.717, 1.165) is 11.8 Å². The Morgan fingerprint density at radius 2 is 1.83 bits per heavy atom. The fourth-order valence-corrected chi connectivity index (χ4v) is 3.05. The lowest BCUT2D eigenvalue weighted by atomic mass is 10.0. The largest absolute Gasteiger partial charge is 0.0654 e. The highest BCUT2D eigenvalue weighted by Gasteiger charge is 2.35. The molecule has 0 aliphatic heterocycles. The van der Waals surface area contributed by atoms with Gasteiger partial charge in [0.2, 0.25) is 0 Å². The highest BCUT2D eigenvalue weighted by molar-refractivity contribution is 5.82. The number of hydrogen-bond acceptors (Lipinski definition) is 0. The molecule has 0 amide bonds. The lowest BCUT2D eigenvalue weighted by Crippen LogP contribution is -1.90. The quantitative estimate of drug-likeness (QED) is 0.671. The molecule has 0 saturated heterocycles. The zero-order chi connectivity index (χ0) is 12.4. The normalized spacial score (nSPS) is 22.3. The Balaban J connectivity index is 1.65. The van der Waals surface area contributed by atoms with E-state index in [1.807, 2.05) is 0 Å². The summed E-state index contributed by atoms with van der Waals surface area (Å²) in [5.41, 5.74) is 1.53. The molecule has 0 radical (unpaired) electrons. The maximum atomic E-state index is 2.38. The molecule has 0 heterocycles. The van der Waals surface area contributed by atoms with Gasteiger partial charge in [0.1, 0.15) is 0 Å². The van der Waals surface area contributed by atoms with Gasteiger partial charge in [-0.2, -0.15) is 0 Å². The number of unbranched alkanes of at least 4 members (excludes halogenated alkanes) is 1. The summed E-state index contributed by atoms with van der Waals surface area (Å²) in [6.45, 7) is 2.29. The first-order valence-electron chi connectivity index (χ1n) is 7.34. The number of benzene rings is 2. The van der Waals surface area contributed by atoms with Gasteiger partial charge < -0.3 is 0 Å². The number of hydrogen-bond donors (Lipinski definition) is 0. The Hall–Kier alpha value is -1.30. The Kier molecular flexibility index (Phi) is 3.36. The molecule has 3 rings (SSSR count). The summed E-state index contributed by atoms with van der Waals surface area (Å²) in [5, 5.41) is 2.75. The number of fused-ring (bicyclic) bond motifs is 1. The van der Waals surface area contributed by atoms with Crippen molar-refractivity contribution in [3.8, 4) is 0 Å². The minimum atomic E-state index is 0.970. The summed E-state index contributed by atoms with van der Waals surface area (Å²) in [4.78, 5) is 0. The minimum absolute atomic E-state index is 0.970. The molecule has 0 unspecified atom stereocenters. The van der Waals surface area contributed by atoms with E-state index in [2.05, 4.69) is 49.4 Å². The van der Waals surface area contributed by atoms with Crippen LogP contribution in [-0.2, 0) is 6.42 Å². The molecule has 0 heteroatoms. The zero-order valence-corrected chi connectivity index (χ0v) is 11.2. The van der Waals surface area contributed by atoms with Gasteiger partial charge in [-0.3, -0.25) is 0 Å². The Morgan fingerprint density at radius 1 is 1.00 bits per heavy atom. The molecule has 2 aromatic carbocycles. The molecule has 18 heavy (non-hydrogen) atoms. The van der Waals surface area contributed by atoms with Crippen LogP contribution in [0.2, 0.25) is 0 Å². The van der Waals surface area contributed by atoms with Crippen molar-refractivity contribution in [2.75, 3.05) is 0 Å². The van der Waals surface area contributed by atoms with E-state index in [0.29, 0.717) is 0 Å². The molecular weight excluding hydrogens is 216 g/mol. The van der Waals surface area contributed by atoms with Gasteiger partial charge in [0.15, 0.2) is 0 Å². The van der Waals surface area contributed by atoms with Gasteiger partial charge in [-0.25, -0.2) is 0 Å². The van der Waals surface area contributed by atoms with Crippen LogP contribution in [0.1, 0.15) is 38.2 Å². The summed E-state index contributed by atoms with van der Waals surface area (Å²) < 4.78 is 0. The van der Waals surface area contributed by atoms with Crippen LogP contribution in [0.4, 0.5) is 0 Å². The molecule has 1 saturated carbocycles. The number of rotatable bonds is 5. The van der Waals surface area contributed by atoms with E-state index >= 15 is 0 Å². The van der Waals surface area contributed by atoms with E-state index in [1.54, 1.807) is 0 Å². The van der Waals surface area contributed by atoms with Gasteiger partial charge in [0.05, 0.1) is 0 Å². The maximum Gasteiger partial charge on any atom is -0.0181 e. The highest BCUT2D eigenvalue weighted by Crippen LogP contribution is 2.44. The SMILES string of the molecule is CCCC[C@@H]1C[C@H]1Cc1ccc2ccccc2c1. The van der Waals surface area contributed by atoms with Gasteiger partial charge in [-0.15, -0.1) is 0 Å². The second-order valence-corrected chi connectivity index (χ2v) is 5.78. The molecule has 0 N–H and O–H groups in total. The molecule has 2 atom stereocenters. The molecule has 0 bridgehead atoms. The average molecular weight is 238 g/mol. The Labute approximate surface area is 110 Å². The van der Waals surface area contributed by atoms with Crippen LogP contribution >= 0.6 is 0 Å². The third kappa shape index (κ3) is 2.58. The molecule has 0 spiro atoms. The second-order valence-electron chi connectivity index (χ2n) is 5.78. The molecular formula is C18H22. The van der Waals surface area contributed by atoms with Crippen LogP contribution in [-0.4, -0.2) is 0 Å². The summed E-state index contributed by atoms with van der Waals surface area (Å²) in [7, 11) is 0. The van der Waals surface area contributed by atoms with Crippen LogP contribution in [0.25, 0.3) is 10.8 Å². The third-order valence-electron chi connectivity index (χ3n) is 4.31. The van der Waals surface area contributed by atoms with E-state index in [1.165, 1.54) is 48.4 Å². The lowest BCUT2D eigenvalue weighted by Gasteiger charge is -2.03. The van der Waals surface area contributed by atoms with Crippen LogP contribution in [0, 0.1) is 11.8 Å². The average Bonchev–Trinajstić information content (AvgIpc) is 3.14. The van der Waals surface area contributed by atoms with Crippen LogP contribution in [0.5, 0.6) is 0 Å². The van der Waals surface area contributed by atoms with Crippen LogP contribution in [0.15, 0.2) is 42.5 Å². The third-order valence-corrected chi connectivity index (χ3v) is 4.31. The highest BCUT2D eigenvalue weighted by atomic mass is 14.4. The van der Waals surface area contributed by atoms with Crippen molar-refractivity contribution in [2.45, 2.75) is 39.0 Å². The summed E-state index contributed by atoms with van der Waals surface area (Å²) in [6.07, 6.45) is 6.97. The van der Waals surface area contributed by atoms with Crippen molar-refractivity contribution in [1.82, 2.24) is 0 Å². The second kappa shape index (κ2) is 5.14. The smallest absolute Gasteiger partial charge is 0.0181 e. The van der Waals surface area contributed by atoms with Gasteiger partial charge in [0, 0.05) is 0 Å². The topological polar surface area (TPSA) is 0 Å². The van der Waals surface area contributed by atoms with E-state index in [-0.39, 0.29) is 0 Å². The van der Waals surface area contributed by atoms with Crippen molar-refractivity contribution in [2.24, 2.45) is 11.8 Å². The fraction of sp³-hybridized carbons (Fsp3) is 0.444. The van der Waals surface area contributed by atoms with Gasteiger partial charge in [0.25, 0.3) is 0 Å². The molecule has 1 aliphatic rings. The van der Waals surface area contributed by atoms with Crippen molar-refractivity contribution < 1.29 is 0 Å². The minimum Gasteiger partial charge on any atom is -0.0654 e. The molecule has 1 fully saturated rings. The van der Waals surface area contributed by atoms with Crippen LogP contribution in [0.3, 0.4) is 0 Å². The first-order valence-corrected chi connectivity index (χ1v) is 7.34. The van der Waals surface area contributed by atoms with Crippen LogP contribution < -0.4 is 0 Å². The molecule has 94 valence electrons. The van der Waals surface area contributed by atoms with Crippen molar-refractivity contribution in [3.05, 3.63) is 48.0 Å². The summed E-state index contributed by atoms with van der Waals surface area (Å²) in [6, 6.07) is 15.6. The summed E-state index contributed by atoms with van der Waals surface area (Å²) >= 11 is 0.